The molecule has 0 bridgehead atoms. The van der Waals surface area contributed by atoms with Gasteiger partial charge in [-0.05, 0) is 24.6 Å². The van der Waals surface area contributed by atoms with Crippen LogP contribution < -0.4 is 5.32 Å². The molecule has 9 heteroatoms. The van der Waals surface area contributed by atoms with Gasteiger partial charge in [0.1, 0.15) is 0 Å². The van der Waals surface area contributed by atoms with Crippen LogP contribution in [0, 0.1) is 0 Å². The van der Waals surface area contributed by atoms with Crippen LogP contribution in [0.2, 0.25) is 0 Å². The van der Waals surface area contributed by atoms with E-state index in [4.69, 9.17) is 4.74 Å². The van der Waals surface area contributed by atoms with E-state index in [1.807, 2.05) is 0 Å². The van der Waals surface area contributed by atoms with Gasteiger partial charge in [0.15, 0.2) is 9.84 Å². The topological polar surface area (TPSA) is 130 Å². The average Bonchev–Trinajstić information content (AvgIpc) is 2.53. The first kappa shape index (κ1) is 19.7. The minimum Gasteiger partial charge on any atom is -0.478 e. The van der Waals surface area contributed by atoms with Crippen molar-refractivity contribution in [3.63, 3.8) is 0 Å². The van der Waals surface area contributed by atoms with Crippen LogP contribution in [0.25, 0.3) is 0 Å². The summed E-state index contributed by atoms with van der Waals surface area (Å²) < 4.78 is 28.3. The van der Waals surface area contributed by atoms with Crippen molar-refractivity contribution >= 4 is 21.8 Å². The number of hydrogen-bond acceptors (Lipinski definition) is 6. The molecule has 0 fully saturated rings. The first-order chi connectivity index (χ1) is 12.1. The Hall–Kier alpha value is -2.65. The van der Waals surface area contributed by atoms with Crippen LogP contribution >= 0.6 is 0 Å². The summed E-state index contributed by atoms with van der Waals surface area (Å²) in [5.74, 6) is -3.61. The van der Waals surface area contributed by atoms with Gasteiger partial charge < -0.3 is 20.3 Å². The van der Waals surface area contributed by atoms with Gasteiger partial charge in [-0.3, -0.25) is 0 Å². The quantitative estimate of drug-likeness (QED) is 0.668. The van der Waals surface area contributed by atoms with Crippen LogP contribution in [0.15, 0.2) is 51.7 Å². The van der Waals surface area contributed by atoms with E-state index in [0.717, 1.165) is 6.26 Å². The number of dihydropyridines is 1. The van der Waals surface area contributed by atoms with Crippen LogP contribution in [-0.4, -0.2) is 50.5 Å². The Bertz CT molecular complexity index is 911. The first-order valence-electron chi connectivity index (χ1n) is 7.54. The number of carboxylic acid groups (broad SMARTS) is 2. The van der Waals surface area contributed by atoms with E-state index in [9.17, 15) is 28.2 Å². The van der Waals surface area contributed by atoms with Gasteiger partial charge in [0.05, 0.1) is 34.3 Å². The summed E-state index contributed by atoms with van der Waals surface area (Å²) >= 11 is 0. The number of benzene rings is 1. The molecule has 0 aliphatic carbocycles. The molecule has 0 saturated carbocycles. The number of methoxy groups -OCH3 is 1. The number of carbonyl (C=O) groups is 2. The highest BCUT2D eigenvalue weighted by Crippen LogP contribution is 2.38. The molecule has 1 heterocycles. The average molecular weight is 381 g/mol. The van der Waals surface area contributed by atoms with Crippen molar-refractivity contribution < 1.29 is 33.0 Å². The highest BCUT2D eigenvalue weighted by molar-refractivity contribution is 7.90. The number of aliphatic carboxylic acids is 2. The van der Waals surface area contributed by atoms with Gasteiger partial charge in [0.25, 0.3) is 0 Å². The molecule has 140 valence electrons. The van der Waals surface area contributed by atoms with Crippen molar-refractivity contribution in [2.24, 2.45) is 0 Å². The summed E-state index contributed by atoms with van der Waals surface area (Å²) in [6, 6.07) is 5.51. The van der Waals surface area contributed by atoms with Crippen molar-refractivity contribution in [3.05, 3.63) is 52.4 Å². The number of sulfone groups is 1. The van der Waals surface area contributed by atoms with E-state index in [1.54, 1.807) is 0 Å². The van der Waals surface area contributed by atoms with Gasteiger partial charge in [0, 0.05) is 19.1 Å². The number of rotatable bonds is 6. The molecule has 1 aliphatic rings. The highest BCUT2D eigenvalue weighted by atomic mass is 32.2. The van der Waals surface area contributed by atoms with E-state index < -0.39 is 27.7 Å². The largest absolute Gasteiger partial charge is 0.478 e. The van der Waals surface area contributed by atoms with Crippen LogP contribution in [0.5, 0.6) is 0 Å². The second-order valence-electron chi connectivity index (χ2n) is 5.87. The van der Waals surface area contributed by atoms with E-state index >= 15 is 0 Å². The molecule has 26 heavy (non-hydrogen) atoms. The number of ether oxygens (including phenoxy) is 1. The SMILES string of the molecule is COCC1=C(C(=O)O)C(c2ccc(S(C)(=O)=O)cc2)C(C(=O)O)=C(C)N1. The minimum absolute atomic E-state index is 0.0379. The summed E-state index contributed by atoms with van der Waals surface area (Å²) in [5, 5.41) is 22.1. The zero-order valence-electron chi connectivity index (χ0n) is 14.4. The molecule has 0 spiro atoms. The standard InChI is InChI=1S/C17H19NO7S/c1-9-13(16(19)20)14(15(17(21)22)12(18-9)8-25-2)10-4-6-11(7-5-10)26(3,23)24/h4-7,14,18H,8H2,1-3H3,(H,19,20)(H,21,22). The number of carboxylic acids is 2. The minimum atomic E-state index is -3.43. The Morgan fingerprint density at radius 2 is 1.65 bits per heavy atom. The lowest BCUT2D eigenvalue weighted by atomic mass is 9.80. The Morgan fingerprint density at radius 1 is 1.12 bits per heavy atom. The lowest BCUT2D eigenvalue weighted by molar-refractivity contribution is -0.133. The van der Waals surface area contributed by atoms with Gasteiger partial charge in [0.2, 0.25) is 0 Å². The summed E-state index contributed by atoms with van der Waals surface area (Å²) in [7, 11) is -2.03. The molecule has 0 amide bonds. The van der Waals surface area contributed by atoms with Crippen LogP contribution in [0.3, 0.4) is 0 Å². The van der Waals surface area contributed by atoms with E-state index in [2.05, 4.69) is 5.32 Å². The predicted octanol–water partition coefficient (Wildman–Crippen LogP) is 1.12. The third-order valence-corrected chi connectivity index (χ3v) is 5.16. The second-order valence-corrected chi connectivity index (χ2v) is 7.89. The number of allylic oxidation sites excluding steroid dienone is 1. The Kier molecular flexibility index (Phi) is 5.53. The lowest BCUT2D eigenvalue weighted by Crippen LogP contribution is -2.33. The Morgan fingerprint density at radius 3 is 2.08 bits per heavy atom. The summed E-state index contributed by atoms with van der Waals surface area (Å²) in [6.45, 7) is 1.50. The van der Waals surface area contributed by atoms with Gasteiger partial charge in [-0.25, -0.2) is 18.0 Å². The van der Waals surface area contributed by atoms with Crippen LogP contribution in [0.4, 0.5) is 0 Å². The van der Waals surface area contributed by atoms with E-state index in [-0.39, 0.29) is 28.3 Å². The molecular weight excluding hydrogens is 362 g/mol. The molecule has 8 nitrogen and oxygen atoms in total. The normalized spacial score (nSPS) is 17.9. The van der Waals surface area contributed by atoms with Crippen molar-refractivity contribution in [2.45, 2.75) is 17.7 Å². The van der Waals surface area contributed by atoms with Crippen molar-refractivity contribution in [1.29, 1.82) is 0 Å². The number of hydrogen-bond donors (Lipinski definition) is 3. The molecular formula is C17H19NO7S. The molecule has 3 N–H and O–H groups in total. The van der Waals surface area contributed by atoms with Crippen LogP contribution in [0.1, 0.15) is 18.4 Å². The fourth-order valence-electron chi connectivity index (χ4n) is 2.93. The first-order valence-corrected chi connectivity index (χ1v) is 9.43. The monoisotopic (exact) mass is 381 g/mol. The van der Waals surface area contributed by atoms with E-state index in [1.165, 1.54) is 38.3 Å². The molecule has 2 rings (SSSR count). The smallest absolute Gasteiger partial charge is 0.334 e. The zero-order chi connectivity index (χ0) is 19.6. The molecule has 0 saturated heterocycles. The fraction of sp³-hybridized carbons (Fsp3) is 0.294. The van der Waals surface area contributed by atoms with E-state index in [0.29, 0.717) is 11.3 Å². The summed E-state index contributed by atoms with van der Waals surface area (Å²) in [5.41, 5.74) is 0.643. The van der Waals surface area contributed by atoms with Crippen molar-refractivity contribution in [3.8, 4) is 0 Å². The molecule has 1 aromatic rings. The molecule has 0 radical (unpaired) electrons. The summed E-state index contributed by atoms with van der Waals surface area (Å²) in [4.78, 5) is 23.7. The van der Waals surface area contributed by atoms with Crippen LogP contribution in [-0.2, 0) is 24.2 Å². The Balaban J connectivity index is 2.69. The third kappa shape index (κ3) is 3.78. The van der Waals surface area contributed by atoms with Gasteiger partial charge in [-0.15, -0.1) is 0 Å². The highest BCUT2D eigenvalue weighted by Gasteiger charge is 2.37. The maximum Gasteiger partial charge on any atom is 0.334 e. The second kappa shape index (κ2) is 7.30. The lowest BCUT2D eigenvalue weighted by Gasteiger charge is -2.29. The van der Waals surface area contributed by atoms with Crippen molar-refractivity contribution in [2.75, 3.05) is 20.0 Å². The molecule has 1 aliphatic heterocycles. The van der Waals surface area contributed by atoms with Gasteiger partial charge >= 0.3 is 11.9 Å². The zero-order valence-corrected chi connectivity index (χ0v) is 15.3. The Labute approximate surface area is 150 Å². The third-order valence-electron chi connectivity index (χ3n) is 4.04. The molecule has 0 aromatic heterocycles. The fourth-order valence-corrected chi connectivity index (χ4v) is 3.56. The molecule has 1 atom stereocenters. The molecule has 1 aromatic carbocycles. The van der Waals surface area contributed by atoms with Gasteiger partial charge in [-0.1, -0.05) is 12.1 Å². The maximum absolute atomic E-state index is 11.9. The number of nitrogens with one attached hydrogen (secondary N) is 1. The van der Waals surface area contributed by atoms with Crippen molar-refractivity contribution in [1.82, 2.24) is 5.32 Å². The summed E-state index contributed by atoms with van der Waals surface area (Å²) in [6.07, 6.45) is 1.05. The maximum atomic E-state index is 11.9. The predicted molar refractivity (Wildman–Crippen MR) is 92.3 cm³/mol. The van der Waals surface area contributed by atoms with Gasteiger partial charge in [-0.2, -0.15) is 0 Å². The molecule has 1 unspecified atom stereocenters.